The van der Waals surface area contributed by atoms with E-state index in [-0.39, 0.29) is 19.4 Å². The van der Waals surface area contributed by atoms with Crippen molar-refractivity contribution in [2.24, 2.45) is 0 Å². The van der Waals surface area contributed by atoms with Crippen molar-refractivity contribution in [3.63, 3.8) is 0 Å². The van der Waals surface area contributed by atoms with Gasteiger partial charge in [0.15, 0.2) is 6.10 Å². The van der Waals surface area contributed by atoms with Crippen LogP contribution in [0.2, 0.25) is 0 Å². The van der Waals surface area contributed by atoms with Gasteiger partial charge >= 0.3 is 19.8 Å². The minimum absolute atomic E-state index is 0.0877. The Morgan fingerprint density at radius 2 is 1.39 bits per heavy atom. The van der Waals surface area contributed by atoms with Crippen LogP contribution in [0.5, 0.6) is 0 Å². The van der Waals surface area contributed by atoms with E-state index in [0.717, 1.165) is 32.1 Å². The molecule has 0 heterocycles. The maximum Gasteiger partial charge on any atom is 0.469 e. The van der Waals surface area contributed by atoms with Gasteiger partial charge < -0.3 is 19.3 Å². The van der Waals surface area contributed by atoms with Crippen LogP contribution in [0, 0.1) is 0 Å². The van der Waals surface area contributed by atoms with E-state index in [1.807, 2.05) is 25.2 Å². The number of carbonyl (C=O) groups excluding carboxylic acids is 2. The first-order valence-electron chi connectivity index (χ1n) is 11.4. The van der Waals surface area contributed by atoms with Crippen LogP contribution in [-0.4, -0.2) is 41.0 Å². The summed E-state index contributed by atoms with van der Waals surface area (Å²) in [6.07, 6.45) is 21.3. The quantitative estimate of drug-likeness (QED) is 0.143. The Morgan fingerprint density at radius 1 is 0.818 bits per heavy atom. The fourth-order valence-electron chi connectivity index (χ4n) is 2.42. The first-order valence-corrected chi connectivity index (χ1v) is 13.0. The fourth-order valence-corrected chi connectivity index (χ4v) is 2.78. The number of hydrogen-bond donors (Lipinski definition) is 2. The topological polar surface area (TPSA) is 119 Å². The van der Waals surface area contributed by atoms with Crippen molar-refractivity contribution >= 4 is 19.8 Å². The Morgan fingerprint density at radius 3 is 1.94 bits per heavy atom. The molecular formula is C24H39O8P. The summed E-state index contributed by atoms with van der Waals surface area (Å²) in [5, 5.41) is 0. The number of esters is 2. The lowest BCUT2D eigenvalue weighted by Crippen LogP contribution is -2.29. The van der Waals surface area contributed by atoms with E-state index in [0.29, 0.717) is 12.8 Å². The Hall–Kier alpha value is -1.99. The van der Waals surface area contributed by atoms with Crippen molar-refractivity contribution in [1.29, 1.82) is 0 Å². The van der Waals surface area contributed by atoms with Crippen LogP contribution >= 0.6 is 7.82 Å². The molecule has 0 aromatic rings. The molecule has 0 spiro atoms. The van der Waals surface area contributed by atoms with Gasteiger partial charge in [-0.25, -0.2) is 4.57 Å². The van der Waals surface area contributed by atoms with Crippen molar-refractivity contribution in [3.05, 3.63) is 48.6 Å². The summed E-state index contributed by atoms with van der Waals surface area (Å²) in [6, 6.07) is 0. The molecule has 33 heavy (non-hydrogen) atoms. The third-order valence-electron chi connectivity index (χ3n) is 4.13. The molecule has 0 radical (unpaired) electrons. The van der Waals surface area contributed by atoms with Gasteiger partial charge in [-0.1, -0.05) is 68.9 Å². The number of unbranched alkanes of at least 4 members (excludes halogenated alkanes) is 1. The zero-order valence-corrected chi connectivity index (χ0v) is 20.7. The van der Waals surface area contributed by atoms with Gasteiger partial charge in [-0.2, -0.15) is 0 Å². The van der Waals surface area contributed by atoms with E-state index in [2.05, 4.69) is 41.8 Å². The summed E-state index contributed by atoms with van der Waals surface area (Å²) < 4.78 is 25.5. The van der Waals surface area contributed by atoms with Crippen molar-refractivity contribution < 1.29 is 37.9 Å². The van der Waals surface area contributed by atoms with Crippen LogP contribution in [0.1, 0.15) is 71.6 Å². The van der Waals surface area contributed by atoms with E-state index >= 15 is 0 Å². The highest BCUT2D eigenvalue weighted by Crippen LogP contribution is 2.35. The molecule has 188 valence electrons. The van der Waals surface area contributed by atoms with Crippen LogP contribution < -0.4 is 0 Å². The number of phosphoric ester groups is 1. The first kappa shape index (κ1) is 31.0. The molecule has 0 saturated carbocycles. The van der Waals surface area contributed by atoms with Crippen molar-refractivity contribution in [1.82, 2.24) is 0 Å². The van der Waals surface area contributed by atoms with Crippen LogP contribution in [0.25, 0.3) is 0 Å². The van der Waals surface area contributed by atoms with Crippen LogP contribution in [0.3, 0.4) is 0 Å². The minimum Gasteiger partial charge on any atom is -0.462 e. The molecule has 1 atom stereocenters. The number of carbonyl (C=O) groups is 2. The molecule has 2 N–H and O–H groups in total. The predicted molar refractivity (Wildman–Crippen MR) is 128 cm³/mol. The van der Waals surface area contributed by atoms with Gasteiger partial charge in [-0.05, 0) is 38.5 Å². The molecule has 0 aliphatic rings. The summed E-state index contributed by atoms with van der Waals surface area (Å²) in [5.74, 6) is -1.03. The Balaban J connectivity index is 4.24. The van der Waals surface area contributed by atoms with E-state index in [1.54, 1.807) is 0 Å². The Kier molecular flexibility index (Phi) is 19.4. The molecule has 0 fully saturated rings. The van der Waals surface area contributed by atoms with Crippen molar-refractivity contribution in [2.45, 2.75) is 77.7 Å². The maximum absolute atomic E-state index is 12.0. The lowest BCUT2D eigenvalue weighted by molar-refractivity contribution is -0.161. The molecule has 0 aliphatic carbocycles. The zero-order chi connectivity index (χ0) is 24.8. The first-order chi connectivity index (χ1) is 15.8. The molecule has 0 aromatic heterocycles. The van der Waals surface area contributed by atoms with E-state index in [9.17, 15) is 14.2 Å². The lowest BCUT2D eigenvalue weighted by Gasteiger charge is -2.18. The van der Waals surface area contributed by atoms with Gasteiger partial charge in [0.2, 0.25) is 0 Å². The van der Waals surface area contributed by atoms with Crippen molar-refractivity contribution in [3.8, 4) is 0 Å². The third-order valence-corrected chi connectivity index (χ3v) is 4.61. The van der Waals surface area contributed by atoms with Crippen LogP contribution in [-0.2, 0) is 28.2 Å². The monoisotopic (exact) mass is 486 g/mol. The van der Waals surface area contributed by atoms with Crippen molar-refractivity contribution in [2.75, 3.05) is 13.2 Å². The predicted octanol–water partition coefficient (Wildman–Crippen LogP) is 5.33. The fraction of sp³-hybridized carbons (Fsp3) is 0.583. The maximum atomic E-state index is 12.0. The summed E-state index contributed by atoms with van der Waals surface area (Å²) in [7, 11) is -4.74. The molecule has 9 heteroatoms. The molecule has 0 rings (SSSR count). The number of rotatable bonds is 19. The smallest absolute Gasteiger partial charge is 0.462 e. The minimum atomic E-state index is -4.74. The van der Waals surface area contributed by atoms with Gasteiger partial charge in [-0.15, -0.1) is 0 Å². The molecule has 8 nitrogen and oxygen atoms in total. The summed E-state index contributed by atoms with van der Waals surface area (Å²) >= 11 is 0. The van der Waals surface area contributed by atoms with E-state index < -0.39 is 32.5 Å². The second kappa shape index (κ2) is 20.6. The summed E-state index contributed by atoms with van der Waals surface area (Å²) in [6.45, 7) is 3.15. The highest BCUT2D eigenvalue weighted by atomic mass is 31.2. The number of phosphoric acid groups is 1. The number of allylic oxidation sites excluding steroid dienone is 8. The Labute approximate surface area is 197 Å². The van der Waals surface area contributed by atoms with Gasteiger partial charge in [0.1, 0.15) is 6.61 Å². The highest BCUT2D eigenvalue weighted by Gasteiger charge is 2.22. The summed E-state index contributed by atoms with van der Waals surface area (Å²) in [4.78, 5) is 41.3. The largest absolute Gasteiger partial charge is 0.469 e. The Bertz CT molecular complexity index is 691. The second-order valence-electron chi connectivity index (χ2n) is 7.22. The van der Waals surface area contributed by atoms with Crippen LogP contribution in [0.15, 0.2) is 48.6 Å². The average molecular weight is 487 g/mol. The van der Waals surface area contributed by atoms with Gasteiger partial charge in [0.25, 0.3) is 0 Å². The molecule has 1 unspecified atom stereocenters. The molecule has 0 saturated heterocycles. The van der Waals surface area contributed by atoms with Gasteiger partial charge in [0, 0.05) is 12.8 Å². The molecule has 0 aliphatic heterocycles. The van der Waals surface area contributed by atoms with E-state index in [1.165, 1.54) is 0 Å². The van der Waals surface area contributed by atoms with Gasteiger partial charge in [0.05, 0.1) is 6.61 Å². The molecule has 0 bridgehead atoms. The lowest BCUT2D eigenvalue weighted by atomic mass is 10.2. The number of hydrogen-bond acceptors (Lipinski definition) is 6. The average Bonchev–Trinajstić information content (AvgIpc) is 2.76. The normalized spacial score (nSPS) is 13.5. The summed E-state index contributed by atoms with van der Waals surface area (Å²) in [5.41, 5.74) is 0. The van der Waals surface area contributed by atoms with Gasteiger partial charge in [-0.3, -0.25) is 14.1 Å². The standard InChI is InChI=1S/C24H39O8P/c1-3-5-7-8-9-10-11-12-13-14-15-16-17-19-24(26)32-22(21-31-33(27,28)29)20-30-23(25)18-6-4-2/h5,7,9-10,12-13,15-16,22H,3-4,6,8,11,14,17-21H2,1-2H3,(H2,27,28,29)/b7-5-,10-9-,13-12-,16-15-. The molecule has 0 amide bonds. The highest BCUT2D eigenvalue weighted by molar-refractivity contribution is 7.46. The SMILES string of the molecule is CC/C=C\C/C=C\C/C=C\C/C=C\CCC(=O)OC(COC(=O)CCCC)COP(=O)(O)O. The molecule has 0 aromatic carbocycles. The van der Waals surface area contributed by atoms with Crippen LogP contribution in [0.4, 0.5) is 0 Å². The zero-order valence-electron chi connectivity index (χ0n) is 19.8. The second-order valence-corrected chi connectivity index (χ2v) is 8.46. The molecular weight excluding hydrogens is 447 g/mol. The van der Waals surface area contributed by atoms with E-state index in [4.69, 9.17) is 19.3 Å². The number of ether oxygens (including phenoxy) is 2. The third kappa shape index (κ3) is 23.0.